The molecule has 0 aromatic heterocycles. The maximum absolute atomic E-state index is 16.4. The number of primary amides is 1. The highest BCUT2D eigenvalue weighted by molar-refractivity contribution is 6.33. The Labute approximate surface area is 219 Å². The molecule has 3 unspecified atom stereocenters. The summed E-state index contributed by atoms with van der Waals surface area (Å²) in [6.45, 7) is 2.85. The van der Waals surface area contributed by atoms with E-state index in [-0.39, 0.29) is 47.8 Å². The fourth-order valence-electron chi connectivity index (χ4n) is 5.56. The minimum Gasteiger partial charge on any atom is -0.481 e. The number of aliphatic hydroxyl groups excluding tert-OH is 1. The number of ether oxygens (including phenoxy) is 3. The van der Waals surface area contributed by atoms with Gasteiger partial charge in [-0.25, -0.2) is 8.78 Å². The third-order valence-electron chi connectivity index (χ3n) is 7.63. The maximum atomic E-state index is 16.4. The van der Waals surface area contributed by atoms with Crippen LogP contribution >= 0.6 is 11.6 Å². The van der Waals surface area contributed by atoms with Crippen LogP contribution in [0.3, 0.4) is 0 Å². The zero-order valence-corrected chi connectivity index (χ0v) is 21.6. The summed E-state index contributed by atoms with van der Waals surface area (Å²) in [5, 5.41) is 8.83. The molecule has 3 aliphatic rings. The van der Waals surface area contributed by atoms with Crippen LogP contribution in [0, 0.1) is 11.2 Å². The van der Waals surface area contributed by atoms with Crippen molar-refractivity contribution in [2.24, 2.45) is 16.9 Å². The quantitative estimate of drug-likeness (QED) is 0.466. The van der Waals surface area contributed by atoms with E-state index in [9.17, 15) is 9.90 Å². The molecule has 200 valence electrons. The minimum atomic E-state index is -2.01. The third kappa shape index (κ3) is 4.13. The standard InChI is InChI=1S/C27H31ClF2N2O5/c1-25(8-5-4-6-9-25)27(14-31)23(35-3)19-17(37-27)13-16(29)21(28)20(19)18-15(24(32)34)7-10-26(2,22(18)30)36-12-11-33/h4-8,10,13,22-23,33H,9,11-12,14,31H2,1-3H3,(H2,32,34)/t22?,23-,25?,26?,27-/m0/s1. The van der Waals surface area contributed by atoms with Crippen LogP contribution in [0.25, 0.3) is 5.57 Å². The summed E-state index contributed by atoms with van der Waals surface area (Å²) >= 11 is 6.52. The number of aliphatic hydroxyl groups is 1. The molecule has 10 heteroatoms. The van der Waals surface area contributed by atoms with Crippen molar-refractivity contribution in [2.45, 2.75) is 43.7 Å². The highest BCUT2D eigenvalue weighted by Gasteiger charge is 2.60. The topological polar surface area (TPSA) is 117 Å². The number of allylic oxidation sites excluding steroid dienone is 3. The number of halogens is 3. The van der Waals surface area contributed by atoms with E-state index in [1.54, 1.807) is 0 Å². The first-order valence-electron chi connectivity index (χ1n) is 11.9. The van der Waals surface area contributed by atoms with Crippen LogP contribution in [0.15, 0.2) is 48.1 Å². The van der Waals surface area contributed by atoms with Crippen LogP contribution < -0.4 is 16.2 Å². The Morgan fingerprint density at radius 2 is 2.05 bits per heavy atom. The molecule has 1 amide bonds. The predicted molar refractivity (Wildman–Crippen MR) is 136 cm³/mol. The molecule has 0 bridgehead atoms. The Bertz CT molecular complexity index is 1230. The van der Waals surface area contributed by atoms with Crippen molar-refractivity contribution >= 4 is 23.1 Å². The van der Waals surface area contributed by atoms with Gasteiger partial charge in [0.2, 0.25) is 5.91 Å². The smallest absolute Gasteiger partial charge is 0.249 e. The van der Waals surface area contributed by atoms with E-state index in [2.05, 4.69) is 0 Å². The van der Waals surface area contributed by atoms with Crippen LogP contribution in [0.1, 0.15) is 37.5 Å². The second-order valence-corrected chi connectivity index (χ2v) is 10.2. The molecular weight excluding hydrogens is 506 g/mol. The zero-order chi connectivity index (χ0) is 27.2. The molecule has 5 atom stereocenters. The molecule has 0 spiro atoms. The first-order valence-corrected chi connectivity index (χ1v) is 12.3. The van der Waals surface area contributed by atoms with E-state index >= 15 is 8.78 Å². The molecule has 0 saturated carbocycles. The summed E-state index contributed by atoms with van der Waals surface area (Å²) in [7, 11) is 1.45. The number of amides is 1. The molecule has 0 saturated heterocycles. The number of alkyl halides is 1. The van der Waals surface area contributed by atoms with Gasteiger partial charge in [-0.05, 0) is 19.4 Å². The Morgan fingerprint density at radius 3 is 2.62 bits per heavy atom. The summed E-state index contributed by atoms with van der Waals surface area (Å²) in [6, 6.07) is 1.12. The Hall–Kier alpha value is -2.56. The van der Waals surface area contributed by atoms with Crippen LogP contribution in [0.2, 0.25) is 5.02 Å². The third-order valence-corrected chi connectivity index (χ3v) is 7.99. The van der Waals surface area contributed by atoms with Gasteiger partial charge in [0.15, 0.2) is 11.8 Å². The highest BCUT2D eigenvalue weighted by Crippen LogP contribution is 2.59. The molecule has 4 rings (SSSR count). The Balaban J connectivity index is 2.00. The summed E-state index contributed by atoms with van der Waals surface area (Å²) in [5.74, 6) is -1.73. The fourth-order valence-corrected chi connectivity index (χ4v) is 5.82. The molecule has 5 N–H and O–H groups in total. The number of fused-ring (bicyclic) bond motifs is 1. The van der Waals surface area contributed by atoms with E-state index in [0.29, 0.717) is 6.42 Å². The van der Waals surface area contributed by atoms with Crippen molar-refractivity contribution in [3.63, 3.8) is 0 Å². The van der Waals surface area contributed by atoms with Crippen molar-refractivity contribution in [3.05, 3.63) is 70.1 Å². The maximum Gasteiger partial charge on any atom is 0.249 e. The number of methoxy groups -OCH3 is 1. The second kappa shape index (κ2) is 9.96. The lowest BCUT2D eigenvalue weighted by Gasteiger charge is -2.46. The average Bonchev–Trinajstić information content (AvgIpc) is 3.20. The van der Waals surface area contributed by atoms with Crippen molar-refractivity contribution in [1.29, 1.82) is 0 Å². The van der Waals surface area contributed by atoms with E-state index < -0.39 is 45.6 Å². The molecule has 2 aliphatic carbocycles. The SMILES string of the molecule is CO[C@H]1c2c(cc(F)c(Cl)c2C2=C(C(N)=O)C=CC(C)(OCCO)C2F)O[C@]1(CN)C1(C)C=CC=CC1. The van der Waals surface area contributed by atoms with Gasteiger partial charge in [-0.1, -0.05) is 48.9 Å². The summed E-state index contributed by atoms with van der Waals surface area (Å²) in [5.41, 5.74) is 8.19. The lowest BCUT2D eigenvalue weighted by molar-refractivity contribution is -0.114. The molecule has 0 radical (unpaired) electrons. The minimum absolute atomic E-state index is 0.0223. The van der Waals surface area contributed by atoms with Crippen LogP contribution in [0.4, 0.5) is 8.78 Å². The van der Waals surface area contributed by atoms with Gasteiger partial charge in [-0.3, -0.25) is 4.79 Å². The normalized spacial score (nSPS) is 32.5. The molecule has 37 heavy (non-hydrogen) atoms. The van der Waals surface area contributed by atoms with Gasteiger partial charge in [-0.15, -0.1) is 0 Å². The molecule has 1 aromatic rings. The second-order valence-electron chi connectivity index (χ2n) is 9.82. The van der Waals surface area contributed by atoms with Crippen molar-refractivity contribution in [1.82, 2.24) is 0 Å². The number of rotatable bonds is 8. The summed E-state index contributed by atoms with van der Waals surface area (Å²) < 4.78 is 49.7. The monoisotopic (exact) mass is 536 g/mol. The zero-order valence-electron chi connectivity index (χ0n) is 20.9. The molecule has 1 aromatic carbocycles. The van der Waals surface area contributed by atoms with Gasteiger partial charge < -0.3 is 30.8 Å². The Morgan fingerprint density at radius 1 is 1.32 bits per heavy atom. The van der Waals surface area contributed by atoms with Crippen molar-refractivity contribution in [3.8, 4) is 5.75 Å². The Kier molecular flexibility index (Phi) is 7.40. The first-order chi connectivity index (χ1) is 17.5. The van der Waals surface area contributed by atoms with E-state index in [1.807, 2.05) is 31.2 Å². The van der Waals surface area contributed by atoms with Crippen LogP contribution in [-0.4, -0.2) is 55.3 Å². The van der Waals surface area contributed by atoms with E-state index in [0.717, 1.165) is 6.07 Å². The molecule has 7 nitrogen and oxygen atoms in total. The summed E-state index contributed by atoms with van der Waals surface area (Å²) in [6.07, 6.45) is 7.99. The van der Waals surface area contributed by atoms with Crippen LogP contribution in [0.5, 0.6) is 5.75 Å². The number of carbonyl (C=O) groups is 1. The number of hydrogen-bond acceptors (Lipinski definition) is 6. The number of benzene rings is 1. The molecule has 1 aliphatic heterocycles. The van der Waals surface area contributed by atoms with Gasteiger partial charge in [0.1, 0.15) is 23.3 Å². The first kappa shape index (κ1) is 27.5. The average molecular weight is 537 g/mol. The number of carbonyl (C=O) groups excluding carboxylic acids is 1. The molecule has 0 fully saturated rings. The largest absolute Gasteiger partial charge is 0.481 e. The highest BCUT2D eigenvalue weighted by atomic mass is 35.5. The van der Waals surface area contributed by atoms with E-state index in [4.69, 9.17) is 37.3 Å². The molecular formula is C27H31ClF2N2O5. The summed E-state index contributed by atoms with van der Waals surface area (Å²) in [4.78, 5) is 12.5. The molecule has 1 heterocycles. The van der Waals surface area contributed by atoms with Gasteiger partial charge in [0.25, 0.3) is 0 Å². The van der Waals surface area contributed by atoms with Gasteiger partial charge >= 0.3 is 0 Å². The van der Waals surface area contributed by atoms with Gasteiger partial charge in [0.05, 0.1) is 18.2 Å². The van der Waals surface area contributed by atoms with E-state index in [1.165, 1.54) is 26.2 Å². The van der Waals surface area contributed by atoms with Gasteiger partial charge in [-0.2, -0.15) is 0 Å². The van der Waals surface area contributed by atoms with Crippen molar-refractivity contribution in [2.75, 3.05) is 26.9 Å². The predicted octanol–water partition coefficient (Wildman–Crippen LogP) is 3.69. The fraction of sp³-hybridized carbons (Fsp3) is 0.444. The lowest BCUT2D eigenvalue weighted by atomic mass is 9.65. The number of hydrogen-bond donors (Lipinski definition) is 3. The van der Waals surface area contributed by atoms with Gasteiger partial charge in [0, 0.05) is 47.4 Å². The number of nitrogens with two attached hydrogens (primary N) is 2. The lowest BCUT2D eigenvalue weighted by Crippen LogP contribution is -2.57. The van der Waals surface area contributed by atoms with Crippen LogP contribution in [-0.2, 0) is 14.3 Å². The van der Waals surface area contributed by atoms with Crippen molar-refractivity contribution < 1.29 is 32.9 Å².